The van der Waals surface area contributed by atoms with Crippen molar-refractivity contribution in [2.24, 2.45) is 0 Å². The zero-order chi connectivity index (χ0) is 33.9. The van der Waals surface area contributed by atoms with Gasteiger partial charge in [0.25, 0.3) is 10.0 Å². The van der Waals surface area contributed by atoms with E-state index >= 15 is 0 Å². The SMILES string of the molecule is CCNC(=O)C(Cc1ccccc1)N(Cc1ccc(C)cc1)C(=O)CN(c1ccc(Oc2ccccc2)cc1)S(=O)(=O)c1ccccc1. The number of ether oxygens (including phenoxy) is 1. The first-order valence-electron chi connectivity index (χ1n) is 15.8. The summed E-state index contributed by atoms with van der Waals surface area (Å²) in [6.07, 6.45) is 0.251. The Morgan fingerprint density at radius 1 is 0.708 bits per heavy atom. The average molecular weight is 662 g/mol. The first-order chi connectivity index (χ1) is 23.2. The van der Waals surface area contributed by atoms with E-state index in [2.05, 4.69) is 5.32 Å². The van der Waals surface area contributed by atoms with Crippen molar-refractivity contribution in [3.05, 3.63) is 156 Å². The van der Waals surface area contributed by atoms with E-state index in [9.17, 15) is 18.0 Å². The van der Waals surface area contributed by atoms with Gasteiger partial charge in [-0.15, -0.1) is 0 Å². The number of carbonyl (C=O) groups is 2. The highest BCUT2D eigenvalue weighted by Crippen LogP contribution is 2.29. The van der Waals surface area contributed by atoms with Crippen molar-refractivity contribution in [1.82, 2.24) is 10.2 Å². The maximum absolute atomic E-state index is 14.5. The van der Waals surface area contributed by atoms with E-state index in [1.807, 2.05) is 98.8 Å². The van der Waals surface area contributed by atoms with Crippen LogP contribution in [0.15, 0.2) is 144 Å². The summed E-state index contributed by atoms with van der Waals surface area (Å²) < 4.78 is 35.4. The molecular formula is C39H39N3O5S. The molecule has 8 nitrogen and oxygen atoms in total. The van der Waals surface area contributed by atoms with Gasteiger partial charge in [0.1, 0.15) is 24.1 Å². The monoisotopic (exact) mass is 661 g/mol. The van der Waals surface area contributed by atoms with Crippen LogP contribution in [0.5, 0.6) is 11.5 Å². The van der Waals surface area contributed by atoms with E-state index < -0.39 is 28.5 Å². The number of aryl methyl sites for hydroxylation is 1. The van der Waals surface area contributed by atoms with Gasteiger partial charge in [-0.2, -0.15) is 0 Å². The van der Waals surface area contributed by atoms with Crippen molar-refractivity contribution in [2.75, 3.05) is 17.4 Å². The number of likely N-dealkylation sites (N-methyl/N-ethyl adjacent to an activating group) is 1. The molecule has 1 N–H and O–H groups in total. The van der Waals surface area contributed by atoms with Crippen LogP contribution in [0.3, 0.4) is 0 Å². The lowest BCUT2D eigenvalue weighted by atomic mass is 10.0. The molecule has 5 aromatic rings. The first-order valence-corrected chi connectivity index (χ1v) is 17.3. The molecule has 2 amide bonds. The van der Waals surface area contributed by atoms with E-state index in [0.29, 0.717) is 18.0 Å². The quantitative estimate of drug-likeness (QED) is 0.142. The maximum atomic E-state index is 14.5. The van der Waals surface area contributed by atoms with Crippen LogP contribution in [0.25, 0.3) is 0 Å². The maximum Gasteiger partial charge on any atom is 0.264 e. The van der Waals surface area contributed by atoms with Gasteiger partial charge in [-0.05, 0) is 73.5 Å². The van der Waals surface area contributed by atoms with E-state index in [1.54, 1.807) is 42.5 Å². The third-order valence-corrected chi connectivity index (χ3v) is 9.60. The molecule has 0 radical (unpaired) electrons. The molecule has 5 rings (SSSR count). The third kappa shape index (κ3) is 8.68. The number of nitrogens with zero attached hydrogens (tertiary/aromatic N) is 2. The lowest BCUT2D eigenvalue weighted by Crippen LogP contribution is -2.53. The van der Waals surface area contributed by atoms with Gasteiger partial charge in [0.15, 0.2) is 0 Å². The van der Waals surface area contributed by atoms with Gasteiger partial charge in [0.05, 0.1) is 10.6 Å². The molecule has 0 fully saturated rings. The van der Waals surface area contributed by atoms with Gasteiger partial charge in [-0.3, -0.25) is 13.9 Å². The molecule has 1 atom stereocenters. The van der Waals surface area contributed by atoms with Crippen LogP contribution in [0.2, 0.25) is 0 Å². The normalized spacial score (nSPS) is 11.7. The zero-order valence-electron chi connectivity index (χ0n) is 27.0. The molecule has 246 valence electrons. The van der Waals surface area contributed by atoms with Crippen LogP contribution in [-0.2, 0) is 32.6 Å². The van der Waals surface area contributed by atoms with Crippen LogP contribution in [0, 0.1) is 6.92 Å². The van der Waals surface area contributed by atoms with Gasteiger partial charge in [0.2, 0.25) is 11.8 Å². The highest BCUT2D eigenvalue weighted by atomic mass is 32.2. The molecule has 0 aromatic heterocycles. The second kappa shape index (κ2) is 15.9. The molecule has 48 heavy (non-hydrogen) atoms. The first kappa shape index (κ1) is 33.9. The van der Waals surface area contributed by atoms with E-state index in [0.717, 1.165) is 21.0 Å². The number of carbonyl (C=O) groups excluding carboxylic acids is 2. The molecule has 0 saturated heterocycles. The number of nitrogens with one attached hydrogen (secondary N) is 1. The number of hydrogen-bond acceptors (Lipinski definition) is 5. The number of benzene rings is 5. The Kier molecular flexibility index (Phi) is 11.3. The Labute approximate surface area is 282 Å². The number of anilines is 1. The molecule has 1 unspecified atom stereocenters. The fraction of sp³-hybridized carbons (Fsp3) is 0.179. The van der Waals surface area contributed by atoms with Gasteiger partial charge in [-0.25, -0.2) is 8.42 Å². The Bertz CT molecular complexity index is 1890. The summed E-state index contributed by atoms with van der Waals surface area (Å²) in [5, 5.41) is 2.88. The lowest BCUT2D eigenvalue weighted by molar-refractivity contribution is -0.140. The smallest absolute Gasteiger partial charge is 0.264 e. The fourth-order valence-corrected chi connectivity index (χ4v) is 6.72. The van der Waals surface area contributed by atoms with Crippen LogP contribution < -0.4 is 14.4 Å². The van der Waals surface area contributed by atoms with Crippen molar-refractivity contribution in [3.8, 4) is 11.5 Å². The van der Waals surface area contributed by atoms with Crippen molar-refractivity contribution in [2.45, 2.75) is 37.8 Å². The standard InChI is InChI=1S/C39H39N3O5S/c1-3-40-39(44)37(27-31-13-7-4-8-14-31)41(28-32-21-19-30(2)20-22-32)38(43)29-42(48(45,46)36-17-11-6-12-18-36)33-23-25-35(26-24-33)47-34-15-9-5-10-16-34/h4-26,37H,3,27-29H2,1-2H3,(H,40,44). The topological polar surface area (TPSA) is 96.0 Å². The molecular weight excluding hydrogens is 623 g/mol. The minimum absolute atomic E-state index is 0.0389. The second-order valence-electron chi connectivity index (χ2n) is 11.3. The van der Waals surface area contributed by atoms with Crippen LogP contribution in [0.4, 0.5) is 5.69 Å². The largest absolute Gasteiger partial charge is 0.457 e. The molecule has 0 aliphatic rings. The Hall–Kier alpha value is -5.41. The summed E-state index contributed by atoms with van der Waals surface area (Å²) >= 11 is 0. The van der Waals surface area contributed by atoms with Crippen molar-refractivity contribution in [1.29, 1.82) is 0 Å². The summed E-state index contributed by atoms with van der Waals surface area (Å²) in [6.45, 7) is 3.75. The molecule has 0 bridgehead atoms. The predicted molar refractivity (Wildman–Crippen MR) is 188 cm³/mol. The highest BCUT2D eigenvalue weighted by Gasteiger charge is 2.34. The van der Waals surface area contributed by atoms with E-state index in [-0.39, 0.29) is 29.5 Å². The van der Waals surface area contributed by atoms with Gasteiger partial charge >= 0.3 is 0 Å². The average Bonchev–Trinajstić information content (AvgIpc) is 3.11. The zero-order valence-corrected chi connectivity index (χ0v) is 27.8. The third-order valence-electron chi connectivity index (χ3n) is 7.81. The number of hydrogen-bond donors (Lipinski definition) is 1. The molecule has 5 aromatic carbocycles. The van der Waals surface area contributed by atoms with Gasteiger partial charge < -0.3 is 15.0 Å². The van der Waals surface area contributed by atoms with E-state index in [4.69, 9.17) is 4.74 Å². The Balaban J connectivity index is 1.53. The van der Waals surface area contributed by atoms with Crippen LogP contribution in [0.1, 0.15) is 23.6 Å². The van der Waals surface area contributed by atoms with Crippen molar-refractivity contribution >= 4 is 27.5 Å². The number of rotatable bonds is 14. The molecule has 0 aliphatic carbocycles. The number of para-hydroxylation sites is 1. The summed E-state index contributed by atoms with van der Waals surface area (Å²) in [5.74, 6) is 0.304. The molecule has 9 heteroatoms. The van der Waals surface area contributed by atoms with Crippen molar-refractivity contribution in [3.63, 3.8) is 0 Å². The van der Waals surface area contributed by atoms with E-state index in [1.165, 1.54) is 17.0 Å². The number of amides is 2. The van der Waals surface area contributed by atoms with Gasteiger partial charge in [0, 0.05) is 19.5 Å². The lowest BCUT2D eigenvalue weighted by Gasteiger charge is -2.34. The number of sulfonamides is 1. The fourth-order valence-electron chi connectivity index (χ4n) is 5.29. The molecule has 0 saturated carbocycles. The molecule has 0 aliphatic heterocycles. The Morgan fingerprint density at radius 3 is 1.88 bits per heavy atom. The molecule has 0 heterocycles. The minimum atomic E-state index is -4.20. The van der Waals surface area contributed by atoms with Crippen molar-refractivity contribution < 1.29 is 22.7 Å². The van der Waals surface area contributed by atoms with Crippen LogP contribution >= 0.6 is 0 Å². The summed E-state index contributed by atoms with van der Waals surface area (Å²) in [5.41, 5.74) is 3.02. The summed E-state index contributed by atoms with van der Waals surface area (Å²) in [7, 11) is -4.20. The van der Waals surface area contributed by atoms with Crippen LogP contribution in [-0.4, -0.2) is 44.3 Å². The minimum Gasteiger partial charge on any atom is -0.457 e. The highest BCUT2D eigenvalue weighted by molar-refractivity contribution is 7.92. The second-order valence-corrected chi connectivity index (χ2v) is 13.2. The predicted octanol–water partition coefficient (Wildman–Crippen LogP) is 6.76. The summed E-state index contributed by atoms with van der Waals surface area (Å²) in [4.78, 5) is 29.7. The Morgan fingerprint density at radius 2 is 1.27 bits per heavy atom. The molecule has 0 spiro atoms. The summed E-state index contributed by atoms with van der Waals surface area (Å²) in [6, 6.07) is 40.1. The van der Waals surface area contributed by atoms with Gasteiger partial charge in [-0.1, -0.05) is 96.6 Å².